The van der Waals surface area contributed by atoms with Crippen LogP contribution in [-0.2, 0) is 9.84 Å². The molecule has 0 aliphatic rings. The minimum absolute atomic E-state index is 0.0509. The van der Waals surface area contributed by atoms with E-state index in [0.29, 0.717) is 0 Å². The predicted octanol–water partition coefficient (Wildman–Crippen LogP) is 1.83. The Morgan fingerprint density at radius 2 is 1.89 bits per heavy atom. The van der Waals surface area contributed by atoms with Crippen LogP contribution >= 0.6 is 0 Å². The Balaban J connectivity index is 3.59. The number of ether oxygens (including phenoxy) is 1. The van der Waals surface area contributed by atoms with Crippen LogP contribution in [0.2, 0.25) is 0 Å². The van der Waals surface area contributed by atoms with E-state index in [0.717, 1.165) is 0 Å². The Hall–Kier alpha value is -0.0800. The van der Waals surface area contributed by atoms with Crippen molar-refractivity contribution in [3.8, 4) is 0 Å². The first kappa shape index (κ1) is 8.92. The maximum Gasteiger partial charge on any atom is 0.181 e. The van der Waals surface area contributed by atoms with Crippen molar-refractivity contribution in [3.63, 3.8) is 0 Å². The molecule has 0 aromatic rings. The van der Waals surface area contributed by atoms with E-state index >= 15 is 0 Å². The first-order chi connectivity index (χ1) is 3.98. The molecule has 0 aromatic heterocycles. The molecule has 0 heterocycles. The van der Waals surface area contributed by atoms with Crippen LogP contribution in [0.25, 0.3) is 0 Å². The molecule has 55 valence electrons. The molecule has 0 aliphatic heterocycles. The summed E-state index contributed by atoms with van der Waals surface area (Å²) in [5, 5.41) is 9.96. The summed E-state index contributed by atoms with van der Waals surface area (Å²) >= 11 is 0. The van der Waals surface area contributed by atoms with Gasteiger partial charge in [-0.1, -0.05) is 20.8 Å². The second-order valence-electron chi connectivity index (χ2n) is 3.29. The van der Waals surface area contributed by atoms with Gasteiger partial charge in [0.15, 0.2) is 6.79 Å². The third-order valence-corrected chi connectivity index (χ3v) is 1.54. The fourth-order valence-electron chi connectivity index (χ4n) is 0.352. The van der Waals surface area contributed by atoms with Crippen LogP contribution in [0.5, 0.6) is 0 Å². The van der Waals surface area contributed by atoms with Crippen LogP contribution in [-0.4, -0.2) is 12.9 Å². The van der Waals surface area contributed by atoms with Gasteiger partial charge in [0.2, 0.25) is 0 Å². The number of hydrogen-bond donors (Lipinski definition) is 0. The summed E-state index contributed by atoms with van der Waals surface area (Å²) in [4.78, 5) is 0. The lowest BCUT2D eigenvalue weighted by atomic mass is 9.90. The lowest BCUT2D eigenvalue weighted by Gasteiger charge is -2.25. The highest BCUT2D eigenvalue weighted by molar-refractivity contribution is 4.68. The predicted molar refractivity (Wildman–Crippen MR) is 35.6 cm³/mol. The average molecular weight is 131 g/mol. The fourth-order valence-corrected chi connectivity index (χ4v) is 0.352. The lowest BCUT2D eigenvalue weighted by molar-refractivity contribution is -0.110. The third-order valence-electron chi connectivity index (χ3n) is 1.54. The van der Waals surface area contributed by atoms with Crippen LogP contribution in [0.1, 0.15) is 27.7 Å². The molecule has 0 amide bonds. The highest BCUT2D eigenvalue weighted by atomic mass is 16.6. The van der Waals surface area contributed by atoms with E-state index in [1.165, 1.54) is 0 Å². The zero-order valence-corrected chi connectivity index (χ0v) is 6.60. The molecule has 0 aliphatic carbocycles. The zero-order chi connectivity index (χ0) is 7.49. The van der Waals surface area contributed by atoms with Crippen LogP contribution < -0.4 is 0 Å². The van der Waals surface area contributed by atoms with Gasteiger partial charge in [-0.15, -0.1) is 0 Å². The van der Waals surface area contributed by atoms with Crippen molar-refractivity contribution in [1.82, 2.24) is 0 Å². The van der Waals surface area contributed by atoms with Crippen molar-refractivity contribution in [2.45, 2.75) is 33.8 Å². The van der Waals surface area contributed by atoms with E-state index in [1.54, 1.807) is 0 Å². The Kier molecular flexibility index (Phi) is 3.15. The van der Waals surface area contributed by atoms with Crippen molar-refractivity contribution in [1.29, 1.82) is 0 Å². The normalized spacial score (nSPS) is 15.7. The van der Waals surface area contributed by atoms with E-state index in [1.807, 2.05) is 27.7 Å². The summed E-state index contributed by atoms with van der Waals surface area (Å²) in [6.07, 6.45) is 0.0509. The average Bonchev–Trinajstić information content (AvgIpc) is 1.64. The highest BCUT2D eigenvalue weighted by Gasteiger charge is 2.19. The van der Waals surface area contributed by atoms with Crippen molar-refractivity contribution >= 4 is 0 Å². The lowest BCUT2D eigenvalue weighted by Crippen LogP contribution is -2.26. The summed E-state index contributed by atoms with van der Waals surface area (Å²) in [5.41, 5.74) is 0.0877. The molecule has 0 saturated heterocycles. The molecule has 0 spiro atoms. The second kappa shape index (κ2) is 3.18. The first-order valence-electron chi connectivity index (χ1n) is 3.18. The van der Waals surface area contributed by atoms with Crippen LogP contribution in [0.3, 0.4) is 0 Å². The maximum absolute atomic E-state index is 9.96. The monoisotopic (exact) mass is 131 g/mol. The Morgan fingerprint density at radius 1 is 1.44 bits per heavy atom. The number of hydrogen-bond acceptors (Lipinski definition) is 1. The van der Waals surface area contributed by atoms with Gasteiger partial charge in [0.1, 0.15) is 0 Å². The molecule has 2 nitrogen and oxygen atoms in total. The summed E-state index contributed by atoms with van der Waals surface area (Å²) < 4.78 is 4.85. The van der Waals surface area contributed by atoms with Crippen LogP contribution in [0.4, 0.5) is 0 Å². The van der Waals surface area contributed by atoms with Gasteiger partial charge in [0.25, 0.3) is 0 Å². The zero-order valence-electron chi connectivity index (χ0n) is 6.60. The largest absolute Gasteiger partial charge is 0.349 e. The summed E-state index contributed by atoms with van der Waals surface area (Å²) in [5.74, 6) is 0. The summed E-state index contributed by atoms with van der Waals surface area (Å²) in [7, 11) is 0. The van der Waals surface area contributed by atoms with E-state index in [9.17, 15) is 5.11 Å². The third kappa shape index (κ3) is 3.49. The molecule has 0 saturated carbocycles. The molecular formula is C7H15O2. The second-order valence-corrected chi connectivity index (χ2v) is 3.29. The number of rotatable bonds is 2. The molecule has 1 unspecified atom stereocenters. The van der Waals surface area contributed by atoms with Crippen LogP contribution in [0.15, 0.2) is 0 Å². The fraction of sp³-hybridized carbons (Fsp3) is 1.00. The molecule has 1 atom stereocenters. The molecule has 0 rings (SSSR count). The van der Waals surface area contributed by atoms with E-state index in [-0.39, 0.29) is 11.5 Å². The van der Waals surface area contributed by atoms with E-state index < -0.39 is 6.79 Å². The van der Waals surface area contributed by atoms with Crippen molar-refractivity contribution in [2.24, 2.45) is 5.41 Å². The molecular weight excluding hydrogens is 116 g/mol. The molecule has 1 radical (unpaired) electrons. The van der Waals surface area contributed by atoms with E-state index in [4.69, 9.17) is 4.74 Å². The van der Waals surface area contributed by atoms with Gasteiger partial charge in [-0.05, 0) is 12.3 Å². The quantitative estimate of drug-likeness (QED) is 0.525. The minimum Gasteiger partial charge on any atom is -0.349 e. The first-order valence-corrected chi connectivity index (χ1v) is 3.18. The smallest absolute Gasteiger partial charge is 0.181 e. The van der Waals surface area contributed by atoms with Crippen molar-refractivity contribution in [3.05, 3.63) is 0 Å². The topological polar surface area (TPSA) is 29.1 Å². The summed E-state index contributed by atoms with van der Waals surface area (Å²) in [6.45, 7) is 7.63. The van der Waals surface area contributed by atoms with Gasteiger partial charge in [0.05, 0.1) is 6.10 Å². The molecule has 9 heavy (non-hydrogen) atoms. The van der Waals surface area contributed by atoms with Gasteiger partial charge in [0, 0.05) is 0 Å². The van der Waals surface area contributed by atoms with Gasteiger partial charge in [-0.3, -0.25) is 0 Å². The van der Waals surface area contributed by atoms with Gasteiger partial charge in [-0.25, -0.2) is 5.11 Å². The Labute approximate surface area is 56.8 Å². The summed E-state index contributed by atoms with van der Waals surface area (Å²) in [6, 6.07) is 0. The SMILES string of the molecule is CC(OC[O])C(C)(C)C. The van der Waals surface area contributed by atoms with Gasteiger partial charge >= 0.3 is 0 Å². The van der Waals surface area contributed by atoms with Crippen molar-refractivity contribution < 1.29 is 9.84 Å². The standard InChI is InChI=1S/C7H15O2/c1-6(9-5-8)7(2,3)4/h6H,5H2,1-4H3. The minimum atomic E-state index is -0.432. The van der Waals surface area contributed by atoms with Gasteiger partial charge in [-0.2, -0.15) is 0 Å². The molecule has 0 bridgehead atoms. The molecule has 0 aromatic carbocycles. The highest BCUT2D eigenvalue weighted by Crippen LogP contribution is 2.20. The van der Waals surface area contributed by atoms with Crippen LogP contribution in [0, 0.1) is 5.41 Å². The van der Waals surface area contributed by atoms with Gasteiger partial charge < -0.3 is 4.74 Å². The van der Waals surface area contributed by atoms with E-state index in [2.05, 4.69) is 0 Å². The maximum atomic E-state index is 9.96. The Bertz CT molecular complexity index is 73.5. The molecule has 0 fully saturated rings. The molecule has 2 heteroatoms. The Morgan fingerprint density at radius 3 is 2.00 bits per heavy atom. The molecule has 0 N–H and O–H groups in total. The van der Waals surface area contributed by atoms with Crippen molar-refractivity contribution in [2.75, 3.05) is 6.79 Å².